The number of aromatic nitrogens is 2. The van der Waals surface area contributed by atoms with Crippen molar-refractivity contribution in [2.24, 2.45) is 7.05 Å². The fourth-order valence-electron chi connectivity index (χ4n) is 3.75. The Bertz CT molecular complexity index is 1380. The van der Waals surface area contributed by atoms with Gasteiger partial charge in [-0.25, -0.2) is 4.68 Å². The molecular formula is C29H30N4O3. The number of aryl methyl sites for hydroxylation is 1. The molecule has 0 bridgehead atoms. The van der Waals surface area contributed by atoms with Crippen molar-refractivity contribution in [1.29, 1.82) is 0 Å². The average molecular weight is 483 g/mol. The summed E-state index contributed by atoms with van der Waals surface area (Å²) in [6.45, 7) is 4.78. The minimum atomic E-state index is -0.325. The van der Waals surface area contributed by atoms with Gasteiger partial charge in [-0.2, -0.15) is 5.10 Å². The third-order valence-electron chi connectivity index (χ3n) is 5.89. The number of ether oxygens (including phenoxy) is 1. The smallest absolute Gasteiger partial charge is 0.294 e. The lowest BCUT2D eigenvalue weighted by Gasteiger charge is -2.18. The van der Waals surface area contributed by atoms with E-state index in [-0.39, 0.29) is 17.2 Å². The predicted octanol–water partition coefficient (Wildman–Crippen LogP) is 5.71. The van der Waals surface area contributed by atoms with Gasteiger partial charge >= 0.3 is 0 Å². The van der Waals surface area contributed by atoms with E-state index in [9.17, 15) is 9.59 Å². The van der Waals surface area contributed by atoms with Gasteiger partial charge in [0.1, 0.15) is 5.75 Å². The number of rotatable bonds is 8. The van der Waals surface area contributed by atoms with Gasteiger partial charge in [-0.05, 0) is 53.4 Å². The van der Waals surface area contributed by atoms with Crippen molar-refractivity contribution < 1.29 is 9.53 Å². The first-order valence-electron chi connectivity index (χ1n) is 11.8. The summed E-state index contributed by atoms with van der Waals surface area (Å²) < 4.78 is 7.25. The number of benzene rings is 3. The zero-order valence-electron chi connectivity index (χ0n) is 20.9. The number of amides is 1. The molecule has 0 saturated carbocycles. The maximum absolute atomic E-state index is 12.9. The molecule has 36 heavy (non-hydrogen) atoms. The molecule has 0 aliphatic carbocycles. The molecule has 0 radical (unpaired) electrons. The van der Waals surface area contributed by atoms with Crippen molar-refractivity contribution in [3.8, 4) is 11.5 Å². The minimum Gasteiger partial charge on any atom is -0.453 e. The van der Waals surface area contributed by atoms with E-state index >= 15 is 0 Å². The second kappa shape index (κ2) is 10.9. The zero-order valence-corrected chi connectivity index (χ0v) is 20.9. The number of nitrogens with zero attached hydrogens (tertiary/aromatic N) is 3. The van der Waals surface area contributed by atoms with Crippen LogP contribution in [0.15, 0.2) is 89.9 Å². The number of carbonyl (C=O) groups excluding carboxylic acids is 1. The SMILES string of the molecule is CC(C)c1ccc(Oc2cnn(C)c(=O)c2Nc2ccc(C(=O)N(C)Cc3ccccc3)cc2)cc1. The molecule has 184 valence electrons. The Morgan fingerprint density at radius 2 is 1.67 bits per heavy atom. The van der Waals surface area contributed by atoms with Gasteiger partial charge in [0.05, 0.1) is 6.20 Å². The highest BCUT2D eigenvalue weighted by Crippen LogP contribution is 2.29. The van der Waals surface area contributed by atoms with E-state index in [1.807, 2.05) is 54.6 Å². The number of hydrogen-bond acceptors (Lipinski definition) is 5. The average Bonchev–Trinajstić information content (AvgIpc) is 2.89. The normalized spacial score (nSPS) is 10.8. The van der Waals surface area contributed by atoms with Crippen LogP contribution in [-0.2, 0) is 13.6 Å². The first kappa shape index (κ1) is 24.7. The molecule has 0 spiro atoms. The van der Waals surface area contributed by atoms with Crippen LogP contribution in [-0.4, -0.2) is 27.6 Å². The van der Waals surface area contributed by atoms with Crippen LogP contribution in [0.4, 0.5) is 11.4 Å². The van der Waals surface area contributed by atoms with Crippen molar-refractivity contribution >= 4 is 17.3 Å². The highest BCUT2D eigenvalue weighted by molar-refractivity contribution is 5.94. The molecule has 7 nitrogen and oxygen atoms in total. The van der Waals surface area contributed by atoms with Crippen molar-refractivity contribution in [3.05, 3.63) is 112 Å². The van der Waals surface area contributed by atoms with E-state index in [1.165, 1.54) is 16.4 Å². The summed E-state index contributed by atoms with van der Waals surface area (Å²) in [7, 11) is 3.36. The summed E-state index contributed by atoms with van der Waals surface area (Å²) in [5.74, 6) is 1.26. The summed E-state index contributed by atoms with van der Waals surface area (Å²) in [5.41, 5.74) is 3.41. The molecule has 4 rings (SSSR count). The second-order valence-corrected chi connectivity index (χ2v) is 8.99. The molecule has 0 saturated heterocycles. The van der Waals surface area contributed by atoms with Gasteiger partial charge in [-0.3, -0.25) is 9.59 Å². The molecule has 1 heterocycles. The molecule has 0 aliphatic heterocycles. The summed E-state index contributed by atoms with van der Waals surface area (Å²) in [5, 5.41) is 7.25. The van der Waals surface area contributed by atoms with Gasteiger partial charge in [0, 0.05) is 31.9 Å². The van der Waals surface area contributed by atoms with Crippen LogP contribution in [0.5, 0.6) is 11.5 Å². The fraction of sp³-hybridized carbons (Fsp3) is 0.207. The van der Waals surface area contributed by atoms with E-state index in [0.29, 0.717) is 35.2 Å². The zero-order chi connectivity index (χ0) is 25.7. The molecule has 0 aliphatic rings. The first-order valence-corrected chi connectivity index (χ1v) is 11.8. The van der Waals surface area contributed by atoms with Crippen LogP contribution in [0.3, 0.4) is 0 Å². The predicted molar refractivity (Wildman–Crippen MR) is 142 cm³/mol. The van der Waals surface area contributed by atoms with Crippen LogP contribution in [0.1, 0.15) is 41.3 Å². The Labute approximate surface area is 211 Å². The fourth-order valence-corrected chi connectivity index (χ4v) is 3.75. The molecule has 7 heteroatoms. The maximum atomic E-state index is 12.9. The lowest BCUT2D eigenvalue weighted by molar-refractivity contribution is 0.0785. The van der Waals surface area contributed by atoms with Gasteiger partial charge in [-0.15, -0.1) is 0 Å². The Morgan fingerprint density at radius 1 is 1.00 bits per heavy atom. The summed E-state index contributed by atoms with van der Waals surface area (Å²) in [4.78, 5) is 27.4. The highest BCUT2D eigenvalue weighted by atomic mass is 16.5. The van der Waals surface area contributed by atoms with Gasteiger partial charge in [0.2, 0.25) is 0 Å². The van der Waals surface area contributed by atoms with Gasteiger partial charge in [0.15, 0.2) is 11.4 Å². The molecule has 1 aromatic heterocycles. The van der Waals surface area contributed by atoms with Crippen LogP contribution >= 0.6 is 0 Å². The van der Waals surface area contributed by atoms with Crippen LogP contribution in [0, 0.1) is 0 Å². The van der Waals surface area contributed by atoms with E-state index in [0.717, 1.165) is 5.56 Å². The summed E-state index contributed by atoms with van der Waals surface area (Å²) in [6, 6.07) is 24.6. The van der Waals surface area contributed by atoms with Crippen LogP contribution in [0.2, 0.25) is 0 Å². The third-order valence-corrected chi connectivity index (χ3v) is 5.89. The quantitative estimate of drug-likeness (QED) is 0.348. The van der Waals surface area contributed by atoms with Crippen LogP contribution < -0.4 is 15.6 Å². The van der Waals surface area contributed by atoms with E-state index in [2.05, 4.69) is 24.3 Å². The maximum Gasteiger partial charge on any atom is 0.294 e. The number of nitrogens with one attached hydrogen (secondary N) is 1. The molecule has 0 fully saturated rings. The lowest BCUT2D eigenvalue weighted by Crippen LogP contribution is -2.26. The van der Waals surface area contributed by atoms with Gasteiger partial charge in [0.25, 0.3) is 11.5 Å². The second-order valence-electron chi connectivity index (χ2n) is 8.99. The third kappa shape index (κ3) is 5.81. The molecule has 3 aromatic carbocycles. The largest absolute Gasteiger partial charge is 0.453 e. The molecule has 1 amide bonds. The molecular weight excluding hydrogens is 452 g/mol. The van der Waals surface area contributed by atoms with E-state index in [4.69, 9.17) is 4.74 Å². The van der Waals surface area contributed by atoms with E-state index in [1.54, 1.807) is 43.3 Å². The lowest BCUT2D eigenvalue weighted by atomic mass is 10.0. The molecule has 1 N–H and O–H groups in total. The van der Waals surface area contributed by atoms with Crippen molar-refractivity contribution in [3.63, 3.8) is 0 Å². The minimum absolute atomic E-state index is 0.0842. The van der Waals surface area contributed by atoms with Gasteiger partial charge < -0.3 is 15.0 Å². The van der Waals surface area contributed by atoms with Crippen molar-refractivity contribution in [2.75, 3.05) is 12.4 Å². The topological polar surface area (TPSA) is 76.5 Å². The first-order chi connectivity index (χ1) is 17.3. The Morgan fingerprint density at radius 3 is 2.31 bits per heavy atom. The van der Waals surface area contributed by atoms with Gasteiger partial charge in [-0.1, -0.05) is 56.3 Å². The summed E-state index contributed by atoms with van der Waals surface area (Å²) in [6.07, 6.45) is 1.51. The Kier molecular flexibility index (Phi) is 7.49. The van der Waals surface area contributed by atoms with Crippen molar-refractivity contribution in [1.82, 2.24) is 14.7 Å². The molecule has 0 unspecified atom stereocenters. The van der Waals surface area contributed by atoms with Crippen LogP contribution in [0.25, 0.3) is 0 Å². The molecule has 0 atom stereocenters. The number of anilines is 2. The standard InChI is InChI=1S/C29H30N4O3/c1-20(2)22-12-16-25(17-13-22)36-26-18-30-33(4)29(35)27(26)31-24-14-10-23(11-15-24)28(34)32(3)19-21-8-6-5-7-9-21/h5-18,20,31H,19H2,1-4H3. The number of carbonyl (C=O) groups is 1. The summed E-state index contributed by atoms with van der Waals surface area (Å²) >= 11 is 0. The number of hydrogen-bond donors (Lipinski definition) is 1. The molecule has 4 aromatic rings. The highest BCUT2D eigenvalue weighted by Gasteiger charge is 2.15. The van der Waals surface area contributed by atoms with Crippen molar-refractivity contribution in [2.45, 2.75) is 26.3 Å². The Balaban J connectivity index is 1.51. The monoisotopic (exact) mass is 482 g/mol. The van der Waals surface area contributed by atoms with E-state index < -0.39 is 0 Å². The Hall–Kier alpha value is -4.39.